The fourth-order valence-corrected chi connectivity index (χ4v) is 4.50. The van der Waals surface area contributed by atoms with Gasteiger partial charge in [-0.3, -0.25) is 4.90 Å². The number of benzene rings is 1. The molecule has 1 saturated heterocycles. The Balaban J connectivity index is 1.58. The van der Waals surface area contributed by atoms with Crippen molar-refractivity contribution in [2.24, 2.45) is 0 Å². The van der Waals surface area contributed by atoms with Gasteiger partial charge in [0, 0.05) is 29.9 Å². The van der Waals surface area contributed by atoms with E-state index < -0.39 is 0 Å². The minimum absolute atomic E-state index is 0.196. The number of aromatic nitrogens is 3. The van der Waals surface area contributed by atoms with Crippen molar-refractivity contribution in [1.29, 1.82) is 0 Å². The van der Waals surface area contributed by atoms with Gasteiger partial charge < -0.3 is 4.57 Å². The van der Waals surface area contributed by atoms with Gasteiger partial charge in [0.2, 0.25) is 0 Å². The van der Waals surface area contributed by atoms with Crippen LogP contribution in [0, 0.1) is 19.7 Å². The zero-order chi connectivity index (χ0) is 18.1. The van der Waals surface area contributed by atoms with E-state index in [4.69, 9.17) is 4.98 Å². The molecule has 1 aromatic carbocycles. The Hall–Kier alpha value is -2.05. The monoisotopic (exact) mass is 370 g/mol. The van der Waals surface area contributed by atoms with Crippen LogP contribution in [0.2, 0.25) is 0 Å². The minimum Gasteiger partial charge on any atom is -0.327 e. The van der Waals surface area contributed by atoms with E-state index in [1.807, 2.05) is 23.8 Å². The first-order valence-electron chi connectivity index (χ1n) is 9.01. The lowest BCUT2D eigenvalue weighted by atomic mass is 10.1. The zero-order valence-corrected chi connectivity index (χ0v) is 16.0. The third kappa shape index (κ3) is 3.44. The number of hydrogen-bond acceptors (Lipinski definition) is 4. The summed E-state index contributed by atoms with van der Waals surface area (Å²) >= 11 is 1.73. The molecule has 1 aliphatic rings. The van der Waals surface area contributed by atoms with E-state index in [0.29, 0.717) is 6.04 Å². The van der Waals surface area contributed by atoms with Gasteiger partial charge in [0.1, 0.15) is 11.6 Å². The number of likely N-dealkylation sites (tertiary alicyclic amines) is 1. The molecule has 0 bridgehead atoms. The van der Waals surface area contributed by atoms with Crippen molar-refractivity contribution in [3.63, 3.8) is 0 Å². The molecular weight excluding hydrogens is 347 g/mol. The van der Waals surface area contributed by atoms with Gasteiger partial charge in [0.25, 0.3) is 0 Å². The van der Waals surface area contributed by atoms with E-state index in [0.717, 1.165) is 48.8 Å². The number of aryl methyl sites for hydroxylation is 2. The average molecular weight is 370 g/mol. The van der Waals surface area contributed by atoms with Crippen LogP contribution in [0.4, 0.5) is 4.39 Å². The molecule has 6 heteroatoms. The molecule has 3 aromatic rings. The first-order chi connectivity index (χ1) is 12.6. The van der Waals surface area contributed by atoms with Crippen molar-refractivity contribution < 1.29 is 4.39 Å². The summed E-state index contributed by atoms with van der Waals surface area (Å²) in [6.45, 7) is 6.92. The molecule has 0 spiro atoms. The number of imidazole rings is 1. The highest BCUT2D eigenvalue weighted by molar-refractivity contribution is 7.09. The summed E-state index contributed by atoms with van der Waals surface area (Å²) in [5.41, 5.74) is 5.29. The van der Waals surface area contributed by atoms with E-state index in [2.05, 4.69) is 28.3 Å². The van der Waals surface area contributed by atoms with E-state index in [9.17, 15) is 4.39 Å². The Labute approximate surface area is 157 Å². The molecule has 0 N–H and O–H groups in total. The lowest BCUT2D eigenvalue weighted by molar-refractivity contribution is 0.237. The van der Waals surface area contributed by atoms with Gasteiger partial charge in [0.15, 0.2) is 0 Å². The molecule has 0 saturated carbocycles. The molecule has 3 heterocycles. The highest BCUT2D eigenvalue weighted by Gasteiger charge is 2.30. The number of rotatable bonds is 5. The second-order valence-corrected chi connectivity index (χ2v) is 7.90. The summed E-state index contributed by atoms with van der Waals surface area (Å²) in [5, 5.41) is 0. The molecule has 4 rings (SSSR count). The maximum absolute atomic E-state index is 13.2. The van der Waals surface area contributed by atoms with Crippen molar-refractivity contribution in [2.45, 2.75) is 45.8 Å². The van der Waals surface area contributed by atoms with E-state index in [1.54, 1.807) is 11.3 Å². The van der Waals surface area contributed by atoms with Gasteiger partial charge in [0.05, 0.1) is 17.2 Å². The predicted octanol–water partition coefficient (Wildman–Crippen LogP) is 4.48. The van der Waals surface area contributed by atoms with Gasteiger partial charge in [-0.05, 0) is 50.9 Å². The first-order valence-corrected chi connectivity index (χ1v) is 9.89. The molecule has 0 radical (unpaired) electrons. The lowest BCUT2D eigenvalue weighted by Gasteiger charge is -2.25. The van der Waals surface area contributed by atoms with Crippen molar-refractivity contribution >= 4 is 11.3 Å². The SMILES string of the molecule is Cc1ncsc1CN1CCCC1c1ncc(C)n1Cc1ccc(F)cc1. The Kier molecular flexibility index (Phi) is 4.87. The normalized spacial score (nSPS) is 17.9. The van der Waals surface area contributed by atoms with Crippen LogP contribution < -0.4 is 0 Å². The van der Waals surface area contributed by atoms with Crippen molar-refractivity contribution in [3.05, 3.63) is 69.4 Å². The predicted molar refractivity (Wildman–Crippen MR) is 102 cm³/mol. The van der Waals surface area contributed by atoms with E-state index in [1.165, 1.54) is 23.4 Å². The Morgan fingerprint density at radius 2 is 1.96 bits per heavy atom. The summed E-state index contributed by atoms with van der Waals surface area (Å²) in [6, 6.07) is 7.08. The number of halogens is 1. The van der Waals surface area contributed by atoms with Crippen molar-refractivity contribution in [1.82, 2.24) is 19.4 Å². The molecule has 0 aliphatic carbocycles. The summed E-state index contributed by atoms with van der Waals surface area (Å²) in [4.78, 5) is 13.0. The van der Waals surface area contributed by atoms with Crippen LogP contribution in [0.1, 0.15) is 46.5 Å². The highest BCUT2D eigenvalue weighted by atomic mass is 32.1. The molecule has 26 heavy (non-hydrogen) atoms. The number of nitrogens with zero attached hydrogens (tertiary/aromatic N) is 4. The molecule has 1 atom stereocenters. The molecule has 2 aromatic heterocycles. The summed E-state index contributed by atoms with van der Waals surface area (Å²) in [5.74, 6) is 0.921. The quantitative estimate of drug-likeness (QED) is 0.664. The van der Waals surface area contributed by atoms with Gasteiger partial charge in [-0.15, -0.1) is 11.3 Å². The van der Waals surface area contributed by atoms with Gasteiger partial charge in [-0.2, -0.15) is 0 Å². The maximum atomic E-state index is 13.2. The van der Waals surface area contributed by atoms with Crippen LogP contribution in [-0.2, 0) is 13.1 Å². The Morgan fingerprint density at radius 3 is 2.69 bits per heavy atom. The van der Waals surface area contributed by atoms with Gasteiger partial charge >= 0.3 is 0 Å². The van der Waals surface area contributed by atoms with E-state index >= 15 is 0 Å². The standard InChI is InChI=1S/C20H23FN4S/c1-14-10-22-20(25(14)11-16-5-7-17(21)8-6-16)18-4-3-9-24(18)12-19-15(2)23-13-26-19/h5-8,10,13,18H,3-4,9,11-12H2,1-2H3. The first kappa shape index (κ1) is 17.4. The molecule has 1 unspecified atom stereocenters. The Morgan fingerprint density at radius 1 is 1.15 bits per heavy atom. The van der Waals surface area contributed by atoms with Crippen LogP contribution in [0.15, 0.2) is 36.0 Å². The fraction of sp³-hybridized carbons (Fsp3) is 0.400. The highest BCUT2D eigenvalue weighted by Crippen LogP contribution is 2.34. The van der Waals surface area contributed by atoms with Gasteiger partial charge in [-0.1, -0.05) is 12.1 Å². The van der Waals surface area contributed by atoms with Crippen LogP contribution in [0.25, 0.3) is 0 Å². The van der Waals surface area contributed by atoms with Crippen LogP contribution in [0.5, 0.6) is 0 Å². The summed E-state index contributed by atoms with van der Waals surface area (Å²) in [7, 11) is 0. The molecular formula is C20H23FN4S. The zero-order valence-electron chi connectivity index (χ0n) is 15.2. The van der Waals surface area contributed by atoms with Crippen LogP contribution >= 0.6 is 11.3 Å². The smallest absolute Gasteiger partial charge is 0.126 e. The molecule has 1 fully saturated rings. The van der Waals surface area contributed by atoms with Crippen molar-refractivity contribution in [3.8, 4) is 0 Å². The second kappa shape index (κ2) is 7.29. The average Bonchev–Trinajstić information content (AvgIpc) is 3.33. The number of hydrogen-bond donors (Lipinski definition) is 0. The minimum atomic E-state index is -0.196. The van der Waals surface area contributed by atoms with Gasteiger partial charge in [-0.25, -0.2) is 14.4 Å². The summed E-state index contributed by atoms with van der Waals surface area (Å²) in [6.07, 6.45) is 4.26. The third-order valence-electron chi connectivity index (χ3n) is 5.19. The lowest BCUT2D eigenvalue weighted by Crippen LogP contribution is -2.25. The molecule has 136 valence electrons. The number of thiazole rings is 1. The molecule has 1 aliphatic heterocycles. The topological polar surface area (TPSA) is 34.0 Å². The van der Waals surface area contributed by atoms with Crippen LogP contribution in [0.3, 0.4) is 0 Å². The Bertz CT molecular complexity index is 884. The van der Waals surface area contributed by atoms with E-state index in [-0.39, 0.29) is 5.82 Å². The maximum Gasteiger partial charge on any atom is 0.126 e. The third-order valence-corrected chi connectivity index (χ3v) is 6.11. The van der Waals surface area contributed by atoms with Crippen LogP contribution in [-0.4, -0.2) is 26.0 Å². The van der Waals surface area contributed by atoms with Crippen molar-refractivity contribution in [2.75, 3.05) is 6.54 Å². The molecule has 4 nitrogen and oxygen atoms in total. The largest absolute Gasteiger partial charge is 0.327 e. The second-order valence-electron chi connectivity index (χ2n) is 6.96. The summed E-state index contributed by atoms with van der Waals surface area (Å²) < 4.78 is 15.5. The molecule has 0 amide bonds. The fourth-order valence-electron chi connectivity index (χ4n) is 3.69.